The summed E-state index contributed by atoms with van der Waals surface area (Å²) < 4.78 is 0. The summed E-state index contributed by atoms with van der Waals surface area (Å²) in [6.07, 6.45) is 7.00. The molecule has 0 fully saturated rings. The molecule has 15 heavy (non-hydrogen) atoms. The van der Waals surface area contributed by atoms with Crippen molar-refractivity contribution in [3.63, 3.8) is 0 Å². The van der Waals surface area contributed by atoms with Gasteiger partial charge < -0.3 is 10.4 Å². The van der Waals surface area contributed by atoms with Gasteiger partial charge >= 0.3 is 0 Å². The summed E-state index contributed by atoms with van der Waals surface area (Å²) >= 11 is 0. The number of hydrogen-bond donors (Lipinski definition) is 2. The van der Waals surface area contributed by atoms with Crippen LogP contribution in [0.5, 0.6) is 0 Å². The normalized spacial score (nSPS) is 15.1. The van der Waals surface area contributed by atoms with Gasteiger partial charge in [0.2, 0.25) is 0 Å². The third-order valence-corrected chi connectivity index (χ3v) is 2.30. The summed E-state index contributed by atoms with van der Waals surface area (Å²) in [7, 11) is 0. The Bertz CT molecular complexity index is 221. The minimum atomic E-state index is -0.530. The lowest BCUT2D eigenvalue weighted by atomic mass is 10.0. The molecule has 2 atom stereocenters. The minimum absolute atomic E-state index is 0.0403. The molecule has 0 aliphatic carbocycles. The Kier molecular flexibility index (Phi) is 7.96. The number of rotatable bonds is 8. The van der Waals surface area contributed by atoms with E-state index < -0.39 is 6.10 Å². The third kappa shape index (κ3) is 6.26. The predicted molar refractivity (Wildman–Crippen MR) is 66.9 cm³/mol. The first-order chi connectivity index (χ1) is 7.13. The smallest absolute Gasteiger partial charge is 0.0934 e. The van der Waals surface area contributed by atoms with Crippen LogP contribution in [0, 0.1) is 0 Å². The topological polar surface area (TPSA) is 32.3 Å². The Morgan fingerprint density at radius 3 is 2.73 bits per heavy atom. The highest BCUT2D eigenvalue weighted by molar-refractivity contribution is 5.23. The minimum Gasteiger partial charge on any atom is -0.387 e. The first kappa shape index (κ1) is 14.1. The van der Waals surface area contributed by atoms with E-state index >= 15 is 0 Å². The fourth-order valence-corrected chi connectivity index (χ4v) is 1.23. The maximum absolute atomic E-state index is 9.86. The summed E-state index contributed by atoms with van der Waals surface area (Å²) in [5.41, 5.74) is 0.714. The van der Waals surface area contributed by atoms with Crippen molar-refractivity contribution in [3.05, 3.63) is 37.0 Å². The molecule has 2 N–H and O–H groups in total. The largest absolute Gasteiger partial charge is 0.387 e. The molecular weight excluding hydrogens is 186 g/mol. The van der Waals surface area contributed by atoms with Gasteiger partial charge in [0.05, 0.1) is 6.10 Å². The molecule has 0 saturated carbocycles. The van der Waals surface area contributed by atoms with Crippen LogP contribution < -0.4 is 5.32 Å². The maximum atomic E-state index is 9.86. The Morgan fingerprint density at radius 2 is 2.20 bits per heavy atom. The molecular formula is C13H23NO. The van der Waals surface area contributed by atoms with Crippen LogP contribution in [0.4, 0.5) is 0 Å². The van der Waals surface area contributed by atoms with Gasteiger partial charge in [-0.25, -0.2) is 0 Å². The molecule has 0 aromatic heterocycles. The van der Waals surface area contributed by atoms with Crippen molar-refractivity contribution in [2.75, 3.05) is 6.54 Å². The van der Waals surface area contributed by atoms with Crippen molar-refractivity contribution in [1.29, 1.82) is 0 Å². The predicted octanol–water partition coefficient (Wildman–Crippen LogP) is 2.42. The molecule has 2 heteroatoms. The lowest BCUT2D eigenvalue weighted by Gasteiger charge is -2.20. The second kappa shape index (κ2) is 8.45. The summed E-state index contributed by atoms with van der Waals surface area (Å²) in [5.74, 6) is 0. The maximum Gasteiger partial charge on any atom is 0.0934 e. The van der Waals surface area contributed by atoms with Crippen LogP contribution >= 0.6 is 0 Å². The lowest BCUT2D eigenvalue weighted by Crippen LogP contribution is -2.38. The van der Waals surface area contributed by atoms with Crippen LogP contribution in [-0.2, 0) is 0 Å². The molecule has 0 spiro atoms. The Hall–Kier alpha value is -0.860. The number of nitrogens with one attached hydrogen (secondary N) is 1. The number of aliphatic hydroxyl groups is 1. The van der Waals surface area contributed by atoms with Crippen LogP contribution in [-0.4, -0.2) is 23.8 Å². The highest BCUT2D eigenvalue weighted by Gasteiger charge is 2.14. The van der Waals surface area contributed by atoms with Crippen LogP contribution in [0.15, 0.2) is 37.0 Å². The lowest BCUT2D eigenvalue weighted by molar-refractivity contribution is 0.172. The van der Waals surface area contributed by atoms with E-state index in [4.69, 9.17) is 0 Å². The molecule has 0 radical (unpaired) electrons. The fraction of sp³-hybridized carbons (Fsp3) is 0.538. The zero-order chi connectivity index (χ0) is 11.7. The van der Waals surface area contributed by atoms with Gasteiger partial charge in [-0.15, -0.1) is 0 Å². The van der Waals surface area contributed by atoms with Crippen molar-refractivity contribution in [2.24, 2.45) is 0 Å². The molecule has 0 saturated heterocycles. The van der Waals surface area contributed by atoms with E-state index in [2.05, 4.69) is 25.4 Å². The summed E-state index contributed by atoms with van der Waals surface area (Å²) in [6, 6.07) is 0.0403. The second-order valence-corrected chi connectivity index (χ2v) is 3.71. The van der Waals surface area contributed by atoms with Crippen molar-refractivity contribution in [1.82, 2.24) is 5.32 Å². The quantitative estimate of drug-likeness (QED) is 0.475. The van der Waals surface area contributed by atoms with E-state index in [0.29, 0.717) is 5.57 Å². The molecule has 2 unspecified atom stereocenters. The first-order valence-electron chi connectivity index (χ1n) is 5.52. The Labute approximate surface area is 93.4 Å². The van der Waals surface area contributed by atoms with Gasteiger partial charge in [-0.3, -0.25) is 0 Å². The first-order valence-corrected chi connectivity index (χ1v) is 5.52. The van der Waals surface area contributed by atoms with E-state index in [-0.39, 0.29) is 6.04 Å². The van der Waals surface area contributed by atoms with Crippen LogP contribution in [0.1, 0.15) is 26.7 Å². The fourth-order valence-electron chi connectivity index (χ4n) is 1.23. The molecule has 0 aliphatic rings. The summed E-state index contributed by atoms with van der Waals surface area (Å²) in [5, 5.41) is 13.1. The van der Waals surface area contributed by atoms with Gasteiger partial charge in [0.25, 0.3) is 0 Å². The highest BCUT2D eigenvalue weighted by Crippen LogP contribution is 2.06. The average Bonchev–Trinajstić information content (AvgIpc) is 2.24. The zero-order valence-corrected chi connectivity index (χ0v) is 9.87. The van der Waals surface area contributed by atoms with E-state index in [1.54, 1.807) is 18.2 Å². The average molecular weight is 209 g/mol. The molecule has 86 valence electrons. The molecule has 0 aromatic rings. The van der Waals surface area contributed by atoms with Crippen molar-refractivity contribution in [3.8, 4) is 0 Å². The third-order valence-electron chi connectivity index (χ3n) is 2.30. The van der Waals surface area contributed by atoms with Gasteiger partial charge in [-0.05, 0) is 25.5 Å². The van der Waals surface area contributed by atoms with Gasteiger partial charge in [-0.1, -0.05) is 44.7 Å². The summed E-state index contributed by atoms with van der Waals surface area (Å²) in [4.78, 5) is 0. The van der Waals surface area contributed by atoms with Crippen LogP contribution in [0.25, 0.3) is 0 Å². The number of hydrogen-bond acceptors (Lipinski definition) is 2. The van der Waals surface area contributed by atoms with Gasteiger partial charge in [-0.2, -0.15) is 0 Å². The molecule has 0 heterocycles. The molecule has 0 amide bonds. The molecule has 0 bridgehead atoms. The highest BCUT2D eigenvalue weighted by atomic mass is 16.3. The number of aliphatic hydroxyl groups excluding tert-OH is 1. The summed E-state index contributed by atoms with van der Waals surface area (Å²) in [6.45, 7) is 12.4. The monoisotopic (exact) mass is 209 g/mol. The van der Waals surface area contributed by atoms with Crippen LogP contribution in [0.3, 0.4) is 0 Å². The van der Waals surface area contributed by atoms with Gasteiger partial charge in [0.1, 0.15) is 0 Å². The second-order valence-electron chi connectivity index (χ2n) is 3.71. The molecule has 0 aromatic carbocycles. The van der Waals surface area contributed by atoms with E-state index in [9.17, 15) is 5.11 Å². The van der Waals surface area contributed by atoms with Gasteiger partial charge in [0, 0.05) is 6.04 Å². The van der Waals surface area contributed by atoms with Crippen molar-refractivity contribution in [2.45, 2.75) is 38.8 Å². The van der Waals surface area contributed by atoms with E-state index in [1.807, 2.05) is 6.92 Å². The van der Waals surface area contributed by atoms with Crippen LogP contribution in [0.2, 0.25) is 0 Å². The van der Waals surface area contributed by atoms with Crippen molar-refractivity contribution >= 4 is 0 Å². The van der Waals surface area contributed by atoms with Gasteiger partial charge in [0.15, 0.2) is 0 Å². The molecule has 0 rings (SSSR count). The van der Waals surface area contributed by atoms with Crippen molar-refractivity contribution < 1.29 is 5.11 Å². The van der Waals surface area contributed by atoms with E-state index in [0.717, 1.165) is 19.4 Å². The number of allylic oxidation sites excluding steroid dienone is 2. The Balaban J connectivity index is 3.95. The number of unbranched alkanes of at least 4 members (excludes halogenated alkanes) is 1. The molecule has 2 nitrogen and oxygen atoms in total. The SMILES string of the molecule is C=C/C=C\C(=C)C(O)C(C)NCCCC. The Morgan fingerprint density at radius 1 is 1.53 bits per heavy atom. The zero-order valence-electron chi connectivity index (χ0n) is 9.87. The molecule has 0 aliphatic heterocycles. The van der Waals surface area contributed by atoms with E-state index in [1.165, 1.54) is 0 Å². The standard InChI is InChI=1S/C13H23NO/c1-5-7-9-11(3)13(15)12(4)14-10-8-6-2/h5,7,9,12-15H,1,3,6,8,10H2,2,4H3/b9-7-.